The number of hydrogen-bond donors (Lipinski definition) is 0. The monoisotopic (exact) mass is 395 g/mol. The van der Waals surface area contributed by atoms with Crippen molar-refractivity contribution in [1.29, 1.82) is 0 Å². The third-order valence-electron chi connectivity index (χ3n) is 5.77. The van der Waals surface area contributed by atoms with E-state index in [0.717, 1.165) is 23.6 Å². The van der Waals surface area contributed by atoms with Gasteiger partial charge in [-0.2, -0.15) is 4.98 Å². The van der Waals surface area contributed by atoms with Crippen molar-refractivity contribution in [1.82, 2.24) is 24.3 Å². The second-order valence-electron chi connectivity index (χ2n) is 7.87. The van der Waals surface area contributed by atoms with Crippen molar-refractivity contribution < 1.29 is 9.47 Å². The molecule has 3 heterocycles. The van der Waals surface area contributed by atoms with Crippen LogP contribution in [-0.4, -0.2) is 38.0 Å². The standard InChI is InChI=1S/C21H25N5O3/c1-13-22-11-15(18-8-19(27)26(4)25(18)3)20(24-13)29-12-21(2)9-16(21)17-7-6-14(28-5)10-23-17/h6-8,10-11,16H,9,12H2,1-5H3/t16-,21?/m1/s1. The highest BCUT2D eigenvalue weighted by Gasteiger charge is 2.52. The smallest absolute Gasteiger partial charge is 0.266 e. The van der Waals surface area contributed by atoms with Crippen molar-refractivity contribution in [2.45, 2.75) is 26.2 Å². The third kappa shape index (κ3) is 3.50. The Hall–Kier alpha value is -3.16. The minimum atomic E-state index is -0.0891. The number of ether oxygens (including phenoxy) is 2. The summed E-state index contributed by atoms with van der Waals surface area (Å²) in [6.07, 6.45) is 4.45. The maximum Gasteiger partial charge on any atom is 0.266 e. The van der Waals surface area contributed by atoms with Crippen LogP contribution in [0.5, 0.6) is 11.6 Å². The van der Waals surface area contributed by atoms with Crippen LogP contribution in [0, 0.1) is 12.3 Å². The molecule has 1 fully saturated rings. The van der Waals surface area contributed by atoms with Gasteiger partial charge < -0.3 is 9.47 Å². The Morgan fingerprint density at radius 1 is 1.21 bits per heavy atom. The van der Waals surface area contributed by atoms with E-state index >= 15 is 0 Å². The lowest BCUT2D eigenvalue weighted by atomic mass is 10.1. The molecule has 1 aliphatic carbocycles. The molecule has 3 aromatic rings. The lowest BCUT2D eigenvalue weighted by Crippen LogP contribution is -2.16. The summed E-state index contributed by atoms with van der Waals surface area (Å²) in [6, 6.07) is 5.52. The number of hydrogen-bond acceptors (Lipinski definition) is 6. The van der Waals surface area contributed by atoms with Gasteiger partial charge in [-0.1, -0.05) is 6.92 Å². The fourth-order valence-corrected chi connectivity index (χ4v) is 3.58. The third-order valence-corrected chi connectivity index (χ3v) is 5.77. The molecule has 0 saturated heterocycles. The van der Waals surface area contributed by atoms with Gasteiger partial charge in [0.2, 0.25) is 5.88 Å². The van der Waals surface area contributed by atoms with E-state index in [2.05, 4.69) is 21.9 Å². The Morgan fingerprint density at radius 2 is 2.00 bits per heavy atom. The highest BCUT2D eigenvalue weighted by Crippen LogP contribution is 2.58. The Bertz CT molecular complexity index is 1100. The zero-order chi connectivity index (χ0) is 20.8. The molecule has 8 nitrogen and oxygen atoms in total. The number of methoxy groups -OCH3 is 1. The molecule has 1 unspecified atom stereocenters. The van der Waals surface area contributed by atoms with Gasteiger partial charge in [-0.25, -0.2) is 4.98 Å². The number of nitrogens with zero attached hydrogens (tertiary/aromatic N) is 5. The van der Waals surface area contributed by atoms with E-state index < -0.39 is 0 Å². The summed E-state index contributed by atoms with van der Waals surface area (Å²) in [7, 11) is 5.18. The van der Waals surface area contributed by atoms with Crippen LogP contribution in [0.3, 0.4) is 0 Å². The van der Waals surface area contributed by atoms with Gasteiger partial charge in [-0.05, 0) is 25.5 Å². The largest absolute Gasteiger partial charge is 0.495 e. The van der Waals surface area contributed by atoms with Gasteiger partial charge in [-0.3, -0.25) is 19.1 Å². The molecule has 29 heavy (non-hydrogen) atoms. The molecule has 0 N–H and O–H groups in total. The molecule has 0 spiro atoms. The van der Waals surface area contributed by atoms with Crippen molar-refractivity contribution in [3.05, 3.63) is 52.5 Å². The predicted octanol–water partition coefficient (Wildman–Crippen LogP) is 2.47. The first-order valence-corrected chi connectivity index (χ1v) is 9.52. The van der Waals surface area contributed by atoms with Crippen LogP contribution in [-0.2, 0) is 14.1 Å². The van der Waals surface area contributed by atoms with Crippen molar-refractivity contribution >= 4 is 0 Å². The first kappa shape index (κ1) is 19.2. The lowest BCUT2D eigenvalue weighted by molar-refractivity contribution is 0.234. The van der Waals surface area contributed by atoms with Gasteiger partial charge in [0.25, 0.3) is 5.56 Å². The van der Waals surface area contributed by atoms with E-state index in [-0.39, 0.29) is 11.0 Å². The van der Waals surface area contributed by atoms with Crippen LogP contribution in [0.15, 0.2) is 35.4 Å². The van der Waals surface area contributed by atoms with Crippen molar-refractivity contribution in [3.8, 4) is 22.9 Å². The molecule has 0 bridgehead atoms. The molecule has 1 aliphatic rings. The molecular formula is C21H25N5O3. The average molecular weight is 395 g/mol. The first-order chi connectivity index (χ1) is 13.8. The van der Waals surface area contributed by atoms with Crippen LogP contribution in [0.25, 0.3) is 11.3 Å². The summed E-state index contributed by atoms with van der Waals surface area (Å²) >= 11 is 0. The molecule has 0 aromatic carbocycles. The predicted molar refractivity (Wildman–Crippen MR) is 108 cm³/mol. The van der Waals surface area contributed by atoms with E-state index in [1.807, 2.05) is 26.1 Å². The molecule has 0 aliphatic heterocycles. The second-order valence-corrected chi connectivity index (χ2v) is 7.87. The summed E-state index contributed by atoms with van der Waals surface area (Å²) in [5.74, 6) is 2.20. The molecule has 8 heteroatoms. The van der Waals surface area contributed by atoms with Crippen LogP contribution in [0.1, 0.15) is 30.8 Å². The van der Waals surface area contributed by atoms with Crippen LogP contribution < -0.4 is 15.0 Å². The Kier molecular flexibility index (Phi) is 4.64. The topological polar surface area (TPSA) is 84.1 Å². The zero-order valence-corrected chi connectivity index (χ0v) is 17.3. The minimum Gasteiger partial charge on any atom is -0.495 e. The molecule has 152 valence electrons. The molecule has 4 rings (SSSR count). The van der Waals surface area contributed by atoms with Gasteiger partial charge in [-0.15, -0.1) is 0 Å². The van der Waals surface area contributed by atoms with Crippen molar-refractivity contribution in [2.75, 3.05) is 13.7 Å². The normalized spacial score (nSPS) is 20.5. The fourth-order valence-electron chi connectivity index (χ4n) is 3.58. The highest BCUT2D eigenvalue weighted by atomic mass is 16.5. The van der Waals surface area contributed by atoms with Crippen LogP contribution in [0.2, 0.25) is 0 Å². The van der Waals surface area contributed by atoms with Gasteiger partial charge in [0.15, 0.2) is 0 Å². The first-order valence-electron chi connectivity index (χ1n) is 9.52. The minimum absolute atomic E-state index is 0.0136. The van der Waals surface area contributed by atoms with E-state index in [1.165, 1.54) is 4.68 Å². The summed E-state index contributed by atoms with van der Waals surface area (Å²) in [5.41, 5.74) is 2.37. The van der Waals surface area contributed by atoms with Crippen LogP contribution >= 0.6 is 0 Å². The van der Waals surface area contributed by atoms with Crippen LogP contribution in [0.4, 0.5) is 0 Å². The average Bonchev–Trinajstić information content (AvgIpc) is 3.34. The lowest BCUT2D eigenvalue weighted by Gasteiger charge is -2.16. The summed E-state index contributed by atoms with van der Waals surface area (Å²) in [6.45, 7) is 4.52. The summed E-state index contributed by atoms with van der Waals surface area (Å²) < 4.78 is 14.7. The zero-order valence-electron chi connectivity index (χ0n) is 17.3. The molecule has 0 radical (unpaired) electrons. The van der Waals surface area contributed by atoms with Gasteiger partial charge in [0.1, 0.15) is 11.6 Å². The molecular weight excluding hydrogens is 370 g/mol. The second kappa shape index (κ2) is 7.02. The quantitative estimate of drug-likeness (QED) is 0.638. The van der Waals surface area contributed by atoms with Crippen molar-refractivity contribution in [2.24, 2.45) is 19.5 Å². The summed E-state index contributed by atoms with van der Waals surface area (Å²) in [4.78, 5) is 25.3. The molecule has 2 atom stereocenters. The maximum atomic E-state index is 12.0. The van der Waals surface area contributed by atoms with Gasteiger partial charge in [0.05, 0.1) is 31.2 Å². The summed E-state index contributed by atoms with van der Waals surface area (Å²) in [5, 5.41) is 0. The number of aromatic nitrogens is 5. The van der Waals surface area contributed by atoms with E-state index in [0.29, 0.717) is 29.8 Å². The van der Waals surface area contributed by atoms with E-state index in [1.54, 1.807) is 37.3 Å². The fraction of sp³-hybridized carbons (Fsp3) is 0.429. The highest BCUT2D eigenvalue weighted by molar-refractivity contribution is 5.64. The Morgan fingerprint density at radius 3 is 2.62 bits per heavy atom. The van der Waals surface area contributed by atoms with E-state index in [4.69, 9.17) is 9.47 Å². The Balaban J connectivity index is 1.55. The van der Waals surface area contributed by atoms with Gasteiger partial charge >= 0.3 is 0 Å². The number of aryl methyl sites for hydroxylation is 1. The number of rotatable bonds is 6. The molecule has 1 saturated carbocycles. The Labute approximate surface area is 169 Å². The molecule has 3 aromatic heterocycles. The number of pyridine rings is 1. The van der Waals surface area contributed by atoms with E-state index in [9.17, 15) is 4.79 Å². The SMILES string of the molecule is COc1ccc([C@H]2CC2(C)COc2nc(C)ncc2-c2cc(=O)n(C)n2C)nc1. The van der Waals surface area contributed by atoms with Gasteiger partial charge in [0, 0.05) is 43.4 Å². The molecule has 0 amide bonds. The maximum absolute atomic E-state index is 12.0. The van der Waals surface area contributed by atoms with Crippen molar-refractivity contribution in [3.63, 3.8) is 0 Å².